The number of carbonyl (C=O) groups excluding carboxylic acids is 1. The lowest BCUT2D eigenvalue weighted by atomic mass is 10.3. The highest BCUT2D eigenvalue weighted by molar-refractivity contribution is 6.31. The van der Waals surface area contributed by atoms with Crippen molar-refractivity contribution in [3.8, 4) is 0 Å². The number of aromatic nitrogens is 1. The van der Waals surface area contributed by atoms with Gasteiger partial charge in [-0.2, -0.15) is 0 Å². The first-order valence-electron chi connectivity index (χ1n) is 5.74. The van der Waals surface area contributed by atoms with Gasteiger partial charge >= 0.3 is 0 Å². The molecule has 19 heavy (non-hydrogen) atoms. The van der Waals surface area contributed by atoms with Crippen LogP contribution in [-0.4, -0.2) is 10.5 Å². The SMILES string of the molecule is CCn1cc(N)cc1C(=O)Nc1cccc(Cl)c1F. The third-order valence-corrected chi connectivity index (χ3v) is 2.98. The number of halogens is 2. The lowest BCUT2D eigenvalue weighted by Crippen LogP contribution is -2.17. The van der Waals surface area contributed by atoms with Crippen molar-refractivity contribution >= 4 is 28.9 Å². The quantitative estimate of drug-likeness (QED) is 0.908. The standard InChI is InChI=1S/C13H13ClFN3O/c1-2-18-7-8(16)6-11(18)13(19)17-10-5-3-4-9(14)12(10)15/h3-7H,2,16H2,1H3,(H,17,19). The van der Waals surface area contributed by atoms with Gasteiger partial charge in [0.2, 0.25) is 0 Å². The number of nitrogens with two attached hydrogens (primary N) is 1. The van der Waals surface area contributed by atoms with Gasteiger partial charge in [0.1, 0.15) is 5.69 Å². The van der Waals surface area contributed by atoms with E-state index in [1.165, 1.54) is 12.1 Å². The summed E-state index contributed by atoms with van der Waals surface area (Å²) in [5.74, 6) is -1.08. The fourth-order valence-corrected chi connectivity index (χ4v) is 1.95. The average molecular weight is 282 g/mol. The second-order valence-corrected chi connectivity index (χ2v) is 4.41. The Kier molecular flexibility index (Phi) is 3.76. The van der Waals surface area contributed by atoms with Crippen LogP contribution in [0.3, 0.4) is 0 Å². The number of nitrogens with one attached hydrogen (secondary N) is 1. The molecule has 1 aromatic carbocycles. The molecule has 0 bridgehead atoms. The summed E-state index contributed by atoms with van der Waals surface area (Å²) < 4.78 is 15.4. The number of carbonyl (C=O) groups is 1. The van der Waals surface area contributed by atoms with Gasteiger partial charge in [-0.25, -0.2) is 4.39 Å². The Labute approximate surface area is 115 Å². The van der Waals surface area contributed by atoms with E-state index in [9.17, 15) is 9.18 Å². The van der Waals surface area contributed by atoms with Crippen molar-refractivity contribution in [1.29, 1.82) is 0 Å². The molecule has 0 radical (unpaired) electrons. The van der Waals surface area contributed by atoms with E-state index < -0.39 is 11.7 Å². The van der Waals surface area contributed by atoms with Gasteiger partial charge < -0.3 is 15.6 Å². The lowest BCUT2D eigenvalue weighted by Gasteiger charge is -2.09. The first kappa shape index (κ1) is 13.4. The van der Waals surface area contributed by atoms with Crippen LogP contribution >= 0.6 is 11.6 Å². The van der Waals surface area contributed by atoms with E-state index in [4.69, 9.17) is 17.3 Å². The van der Waals surface area contributed by atoms with Crippen molar-refractivity contribution in [2.75, 3.05) is 11.1 Å². The van der Waals surface area contributed by atoms with Crippen LogP contribution in [0, 0.1) is 5.82 Å². The summed E-state index contributed by atoms with van der Waals surface area (Å²) >= 11 is 5.65. The number of benzene rings is 1. The molecule has 1 amide bonds. The molecule has 0 aliphatic rings. The Morgan fingerprint density at radius 3 is 2.95 bits per heavy atom. The maximum Gasteiger partial charge on any atom is 0.272 e. The molecule has 4 nitrogen and oxygen atoms in total. The Morgan fingerprint density at radius 1 is 1.53 bits per heavy atom. The second kappa shape index (κ2) is 5.32. The Bertz CT molecular complexity index is 624. The normalized spacial score (nSPS) is 10.5. The summed E-state index contributed by atoms with van der Waals surface area (Å²) in [6.07, 6.45) is 1.66. The second-order valence-electron chi connectivity index (χ2n) is 4.00. The Hall–Kier alpha value is -2.01. The molecule has 0 atom stereocenters. The minimum atomic E-state index is -0.653. The van der Waals surface area contributed by atoms with Crippen LogP contribution in [-0.2, 0) is 6.54 Å². The van der Waals surface area contributed by atoms with Crippen LogP contribution in [0.5, 0.6) is 0 Å². The van der Waals surface area contributed by atoms with Gasteiger partial charge in [0.15, 0.2) is 5.82 Å². The summed E-state index contributed by atoms with van der Waals surface area (Å²) in [6, 6.07) is 5.97. The molecule has 2 rings (SSSR count). The summed E-state index contributed by atoms with van der Waals surface area (Å²) in [7, 11) is 0. The zero-order valence-corrected chi connectivity index (χ0v) is 11.0. The Balaban J connectivity index is 2.28. The zero-order chi connectivity index (χ0) is 14.0. The number of hydrogen-bond donors (Lipinski definition) is 2. The van der Waals surface area contributed by atoms with Crippen LogP contribution in [0.25, 0.3) is 0 Å². The van der Waals surface area contributed by atoms with Gasteiger partial charge in [0.25, 0.3) is 5.91 Å². The first-order chi connectivity index (χ1) is 9.02. The van der Waals surface area contributed by atoms with Gasteiger partial charge in [0, 0.05) is 12.7 Å². The highest BCUT2D eigenvalue weighted by Crippen LogP contribution is 2.23. The molecule has 1 heterocycles. The molecule has 0 spiro atoms. The van der Waals surface area contributed by atoms with E-state index in [1.54, 1.807) is 22.9 Å². The lowest BCUT2D eigenvalue weighted by molar-refractivity contribution is 0.101. The molecular formula is C13H13ClFN3O. The smallest absolute Gasteiger partial charge is 0.272 e. The van der Waals surface area contributed by atoms with Gasteiger partial charge in [-0.05, 0) is 25.1 Å². The van der Waals surface area contributed by atoms with Gasteiger partial charge in [0.05, 0.1) is 16.4 Å². The largest absolute Gasteiger partial charge is 0.397 e. The van der Waals surface area contributed by atoms with Crippen molar-refractivity contribution < 1.29 is 9.18 Å². The van der Waals surface area contributed by atoms with Crippen molar-refractivity contribution in [3.63, 3.8) is 0 Å². The van der Waals surface area contributed by atoms with Gasteiger partial charge in [-0.1, -0.05) is 17.7 Å². The molecule has 0 saturated heterocycles. The van der Waals surface area contributed by atoms with Crippen LogP contribution in [0.4, 0.5) is 15.8 Å². The topological polar surface area (TPSA) is 60.0 Å². The predicted molar refractivity (Wildman–Crippen MR) is 73.9 cm³/mol. The summed E-state index contributed by atoms with van der Waals surface area (Å²) in [6.45, 7) is 2.48. The van der Waals surface area contributed by atoms with E-state index in [0.29, 0.717) is 17.9 Å². The van der Waals surface area contributed by atoms with Crippen LogP contribution in [0.1, 0.15) is 17.4 Å². The fraction of sp³-hybridized carbons (Fsp3) is 0.154. The summed E-state index contributed by atoms with van der Waals surface area (Å²) in [4.78, 5) is 12.1. The molecule has 1 aromatic heterocycles. The predicted octanol–water partition coefficient (Wildman–Crippen LogP) is 3.14. The third kappa shape index (κ3) is 2.71. The number of amides is 1. The molecule has 0 aliphatic carbocycles. The number of rotatable bonds is 3. The van der Waals surface area contributed by atoms with E-state index in [-0.39, 0.29) is 10.7 Å². The molecule has 3 N–H and O–H groups in total. The number of nitrogens with zero attached hydrogens (tertiary/aromatic N) is 1. The molecular weight excluding hydrogens is 269 g/mol. The van der Waals surface area contributed by atoms with Gasteiger partial charge in [-0.3, -0.25) is 4.79 Å². The number of hydrogen-bond acceptors (Lipinski definition) is 2. The highest BCUT2D eigenvalue weighted by Gasteiger charge is 2.15. The molecule has 2 aromatic rings. The Morgan fingerprint density at radius 2 is 2.26 bits per heavy atom. The summed E-state index contributed by atoms with van der Waals surface area (Å²) in [5, 5.41) is 2.44. The van der Waals surface area contributed by atoms with E-state index in [0.717, 1.165) is 0 Å². The highest BCUT2D eigenvalue weighted by atomic mass is 35.5. The number of nitrogen functional groups attached to an aromatic ring is 1. The minimum absolute atomic E-state index is 0.0387. The molecule has 6 heteroatoms. The molecule has 0 unspecified atom stereocenters. The van der Waals surface area contributed by atoms with E-state index >= 15 is 0 Å². The van der Waals surface area contributed by atoms with Crippen LogP contribution in [0.15, 0.2) is 30.5 Å². The minimum Gasteiger partial charge on any atom is -0.397 e. The van der Waals surface area contributed by atoms with Crippen molar-refractivity contribution in [2.45, 2.75) is 13.5 Å². The summed E-state index contributed by atoms with van der Waals surface area (Å²) in [5.41, 5.74) is 6.54. The van der Waals surface area contributed by atoms with Crippen molar-refractivity contribution in [3.05, 3.63) is 47.0 Å². The van der Waals surface area contributed by atoms with E-state index in [1.807, 2.05) is 6.92 Å². The van der Waals surface area contributed by atoms with Crippen LogP contribution in [0.2, 0.25) is 5.02 Å². The maximum atomic E-state index is 13.7. The van der Waals surface area contributed by atoms with Crippen molar-refractivity contribution in [1.82, 2.24) is 4.57 Å². The number of anilines is 2. The molecule has 100 valence electrons. The van der Waals surface area contributed by atoms with Gasteiger partial charge in [-0.15, -0.1) is 0 Å². The molecule has 0 aliphatic heterocycles. The molecule has 0 fully saturated rings. The van der Waals surface area contributed by atoms with E-state index in [2.05, 4.69) is 5.32 Å². The zero-order valence-electron chi connectivity index (χ0n) is 10.3. The molecule has 0 saturated carbocycles. The number of aryl methyl sites for hydroxylation is 1. The average Bonchev–Trinajstić information content (AvgIpc) is 2.76. The van der Waals surface area contributed by atoms with Crippen molar-refractivity contribution in [2.24, 2.45) is 0 Å². The first-order valence-corrected chi connectivity index (χ1v) is 6.11. The third-order valence-electron chi connectivity index (χ3n) is 2.69. The van der Waals surface area contributed by atoms with Crippen LogP contribution < -0.4 is 11.1 Å². The fourth-order valence-electron chi connectivity index (χ4n) is 1.77. The monoisotopic (exact) mass is 281 g/mol. The maximum absolute atomic E-state index is 13.7.